The maximum absolute atomic E-state index is 11.9. The molecule has 4 aliphatic rings. The number of carbonyl (C=O) groups excluding carboxylic acids is 1. The Morgan fingerprint density at radius 1 is 1.14 bits per heavy atom. The summed E-state index contributed by atoms with van der Waals surface area (Å²) in [7, 11) is 0. The van der Waals surface area contributed by atoms with Gasteiger partial charge in [0.25, 0.3) is 5.91 Å². The van der Waals surface area contributed by atoms with E-state index in [0.717, 1.165) is 25.8 Å². The molecule has 4 aliphatic carbocycles. The van der Waals surface area contributed by atoms with Gasteiger partial charge in [-0.05, 0) is 88.8 Å². The quantitative estimate of drug-likeness (QED) is 0.655. The molecule has 0 saturated heterocycles. The summed E-state index contributed by atoms with van der Waals surface area (Å²) in [6.45, 7) is 6.69. The first-order valence-electron chi connectivity index (χ1n) is 10.6. The largest absolute Gasteiger partial charge is 0.484 e. The van der Waals surface area contributed by atoms with Gasteiger partial charge in [-0.1, -0.05) is 12.1 Å². The minimum atomic E-state index is -0.428. The van der Waals surface area contributed by atoms with E-state index in [0.29, 0.717) is 17.6 Å². The van der Waals surface area contributed by atoms with Crippen LogP contribution < -0.4 is 15.4 Å². The Morgan fingerprint density at radius 2 is 1.76 bits per heavy atom. The van der Waals surface area contributed by atoms with Crippen molar-refractivity contribution in [2.75, 3.05) is 6.61 Å². The molecule has 4 fully saturated rings. The van der Waals surface area contributed by atoms with Crippen molar-refractivity contribution in [2.45, 2.75) is 82.5 Å². The van der Waals surface area contributed by atoms with Crippen LogP contribution in [0, 0.1) is 11.8 Å². The zero-order chi connectivity index (χ0) is 20.0. The number of hydrogen-bond acceptors (Lipinski definition) is 4. The Morgan fingerprint density at radius 3 is 2.31 bits per heavy atom. The third kappa shape index (κ3) is 5.44. The van der Waals surface area contributed by atoms with E-state index in [-0.39, 0.29) is 36.0 Å². The van der Waals surface area contributed by atoms with Gasteiger partial charge in [0.05, 0.1) is 5.60 Å². The second-order valence-corrected chi connectivity index (χ2v) is 10.6. The van der Waals surface area contributed by atoms with Crippen LogP contribution in [0.5, 0.6) is 5.75 Å². The fourth-order valence-electron chi connectivity index (χ4n) is 6.02. The molecule has 6 heteroatoms. The predicted octanol–water partition coefficient (Wildman–Crippen LogP) is 3.58. The van der Waals surface area contributed by atoms with Crippen LogP contribution in [0.25, 0.3) is 0 Å². The normalized spacial score (nSPS) is 32.6. The molecule has 0 heterocycles. The van der Waals surface area contributed by atoms with Crippen LogP contribution >= 0.6 is 12.4 Å². The molecule has 2 unspecified atom stereocenters. The molecule has 4 saturated carbocycles. The fourth-order valence-corrected chi connectivity index (χ4v) is 6.02. The van der Waals surface area contributed by atoms with Gasteiger partial charge in [-0.2, -0.15) is 0 Å². The number of ether oxygens (including phenoxy) is 1. The lowest BCUT2D eigenvalue weighted by molar-refractivity contribution is -0.142. The van der Waals surface area contributed by atoms with Crippen molar-refractivity contribution in [3.8, 4) is 5.75 Å². The summed E-state index contributed by atoms with van der Waals surface area (Å²) in [6.07, 6.45) is 6.62. The Hall–Kier alpha value is -1.30. The predicted molar refractivity (Wildman–Crippen MR) is 116 cm³/mol. The number of halogens is 1. The number of amides is 1. The van der Waals surface area contributed by atoms with Gasteiger partial charge >= 0.3 is 0 Å². The number of rotatable bonds is 6. The fraction of sp³-hybridized carbons (Fsp3) is 0.696. The summed E-state index contributed by atoms with van der Waals surface area (Å²) in [6, 6.07) is 7.96. The molecule has 1 aromatic carbocycles. The molecule has 0 aliphatic heterocycles. The highest BCUT2D eigenvalue weighted by Crippen LogP contribution is 2.57. The summed E-state index contributed by atoms with van der Waals surface area (Å²) in [4.78, 5) is 11.9. The molecule has 2 atom stereocenters. The topological polar surface area (TPSA) is 70.6 Å². The number of aliphatic hydroxyl groups is 1. The lowest BCUT2D eigenvalue weighted by atomic mass is 9.51. The lowest BCUT2D eigenvalue weighted by Crippen LogP contribution is -2.64. The first-order valence-corrected chi connectivity index (χ1v) is 10.6. The molecular formula is C23H35ClN2O3. The van der Waals surface area contributed by atoms with E-state index < -0.39 is 5.60 Å². The molecule has 0 aromatic heterocycles. The van der Waals surface area contributed by atoms with Crippen molar-refractivity contribution in [3.63, 3.8) is 0 Å². The third-order valence-electron chi connectivity index (χ3n) is 6.51. The highest BCUT2D eigenvalue weighted by atomic mass is 35.5. The maximum Gasteiger partial charge on any atom is 0.258 e. The molecule has 5 rings (SSSR count). The number of benzene rings is 1. The second kappa shape index (κ2) is 8.09. The third-order valence-corrected chi connectivity index (χ3v) is 6.51. The van der Waals surface area contributed by atoms with Crippen molar-refractivity contribution >= 4 is 18.3 Å². The molecule has 1 amide bonds. The van der Waals surface area contributed by atoms with Crippen LogP contribution in [0.3, 0.4) is 0 Å². The van der Waals surface area contributed by atoms with Gasteiger partial charge in [0.2, 0.25) is 0 Å². The number of hydrogen-bond donors (Lipinski definition) is 3. The molecule has 0 radical (unpaired) electrons. The molecular weight excluding hydrogens is 388 g/mol. The highest BCUT2D eigenvalue weighted by Gasteiger charge is 2.56. The molecule has 0 spiro atoms. The highest BCUT2D eigenvalue weighted by molar-refractivity contribution is 5.85. The Bertz CT molecular complexity index is 715. The standard InChI is InChI=1S/C23H34N2O3.ClH/c1-21(2,3)25-20(26)14-28-19-6-4-16(5-7-19)13-24-22-9-17-8-18(10-22)12-23(27,11-17)15-22;/h4-7,17-18,24,27H,8-15H2,1-3H3,(H,25,26);1H. The van der Waals surface area contributed by atoms with Gasteiger partial charge in [-0.15, -0.1) is 12.4 Å². The molecule has 162 valence electrons. The molecule has 4 bridgehead atoms. The van der Waals surface area contributed by atoms with Gasteiger partial charge in [-0.3, -0.25) is 4.79 Å². The lowest BCUT2D eigenvalue weighted by Gasteiger charge is -2.60. The van der Waals surface area contributed by atoms with E-state index in [1.165, 1.54) is 24.8 Å². The zero-order valence-electron chi connectivity index (χ0n) is 17.8. The van der Waals surface area contributed by atoms with Crippen LogP contribution in [0.15, 0.2) is 24.3 Å². The van der Waals surface area contributed by atoms with Crippen molar-refractivity contribution in [3.05, 3.63) is 29.8 Å². The minimum Gasteiger partial charge on any atom is -0.484 e. The first-order chi connectivity index (χ1) is 13.1. The molecule has 29 heavy (non-hydrogen) atoms. The Kier molecular flexibility index (Phi) is 6.24. The molecule has 3 N–H and O–H groups in total. The van der Waals surface area contributed by atoms with Gasteiger partial charge < -0.3 is 20.5 Å². The maximum atomic E-state index is 11.9. The molecule has 5 nitrogen and oxygen atoms in total. The number of nitrogens with one attached hydrogen (secondary N) is 2. The summed E-state index contributed by atoms with van der Waals surface area (Å²) < 4.78 is 5.59. The van der Waals surface area contributed by atoms with E-state index in [1.54, 1.807) is 0 Å². The van der Waals surface area contributed by atoms with Crippen molar-refractivity contribution < 1.29 is 14.6 Å². The Balaban J connectivity index is 0.00000240. The summed E-state index contributed by atoms with van der Waals surface area (Å²) in [5.74, 6) is 1.97. The van der Waals surface area contributed by atoms with Gasteiger partial charge in [-0.25, -0.2) is 0 Å². The van der Waals surface area contributed by atoms with Crippen LogP contribution in [0.4, 0.5) is 0 Å². The van der Waals surface area contributed by atoms with Crippen LogP contribution in [0.2, 0.25) is 0 Å². The second-order valence-electron chi connectivity index (χ2n) is 10.6. The monoisotopic (exact) mass is 422 g/mol. The zero-order valence-corrected chi connectivity index (χ0v) is 18.6. The Labute approximate surface area is 180 Å². The summed E-state index contributed by atoms with van der Waals surface area (Å²) in [5.41, 5.74) is 0.635. The first kappa shape index (κ1) is 22.4. The van der Waals surface area contributed by atoms with E-state index in [4.69, 9.17) is 4.74 Å². The van der Waals surface area contributed by atoms with Gasteiger partial charge in [0.1, 0.15) is 5.75 Å². The van der Waals surface area contributed by atoms with Crippen molar-refractivity contribution in [2.24, 2.45) is 11.8 Å². The van der Waals surface area contributed by atoms with Gasteiger partial charge in [0, 0.05) is 17.6 Å². The minimum absolute atomic E-state index is 0. The van der Waals surface area contributed by atoms with Crippen LogP contribution in [-0.2, 0) is 11.3 Å². The number of carbonyl (C=O) groups is 1. The van der Waals surface area contributed by atoms with E-state index in [9.17, 15) is 9.90 Å². The van der Waals surface area contributed by atoms with E-state index >= 15 is 0 Å². The summed E-state index contributed by atoms with van der Waals surface area (Å²) in [5, 5.41) is 17.6. The van der Waals surface area contributed by atoms with Crippen LogP contribution in [-0.4, -0.2) is 34.3 Å². The smallest absolute Gasteiger partial charge is 0.258 e. The van der Waals surface area contributed by atoms with E-state index in [2.05, 4.69) is 22.8 Å². The van der Waals surface area contributed by atoms with Crippen molar-refractivity contribution in [1.82, 2.24) is 10.6 Å². The van der Waals surface area contributed by atoms with Gasteiger partial charge in [0.15, 0.2) is 6.61 Å². The SMILES string of the molecule is CC(C)(C)NC(=O)COc1ccc(CNC23CC4CC(CC(O)(C4)C2)C3)cc1.Cl. The molecule has 1 aromatic rings. The van der Waals surface area contributed by atoms with E-state index in [1.807, 2.05) is 32.9 Å². The average molecular weight is 423 g/mol. The average Bonchev–Trinajstić information content (AvgIpc) is 2.55. The van der Waals surface area contributed by atoms with Crippen LogP contribution in [0.1, 0.15) is 64.9 Å². The van der Waals surface area contributed by atoms with Crippen molar-refractivity contribution in [1.29, 1.82) is 0 Å². The summed E-state index contributed by atoms with van der Waals surface area (Å²) >= 11 is 0.